The zero-order valence-electron chi connectivity index (χ0n) is 12.8. The Labute approximate surface area is 120 Å². The van der Waals surface area contributed by atoms with Crippen molar-refractivity contribution in [2.75, 3.05) is 11.9 Å². The second-order valence-corrected chi connectivity index (χ2v) is 6.21. The molecule has 0 unspecified atom stereocenters. The molecule has 20 heavy (non-hydrogen) atoms. The molecule has 4 nitrogen and oxygen atoms in total. The van der Waals surface area contributed by atoms with Gasteiger partial charge in [-0.1, -0.05) is 26.0 Å². The lowest BCUT2D eigenvalue weighted by molar-refractivity contribution is -0.124. The summed E-state index contributed by atoms with van der Waals surface area (Å²) in [4.78, 5) is 25.5. The largest absolute Gasteiger partial charge is 0.352 e. The fraction of sp³-hybridized carbons (Fsp3) is 0.500. The molecule has 0 aliphatic carbocycles. The Bertz CT molecular complexity index is 562. The van der Waals surface area contributed by atoms with E-state index in [1.807, 2.05) is 45.9 Å². The van der Waals surface area contributed by atoms with Crippen LogP contribution in [0.25, 0.3) is 0 Å². The number of hydrogen-bond donors (Lipinski definition) is 1. The van der Waals surface area contributed by atoms with E-state index in [1.165, 1.54) is 0 Å². The molecule has 0 atom stereocenters. The summed E-state index contributed by atoms with van der Waals surface area (Å²) in [6.07, 6.45) is 0. The number of carbonyl (C=O) groups excluding carboxylic acids is 2. The number of amides is 2. The van der Waals surface area contributed by atoms with Crippen molar-refractivity contribution in [2.45, 2.75) is 39.7 Å². The predicted octanol–water partition coefficient (Wildman–Crippen LogP) is 2.21. The lowest BCUT2D eigenvalue weighted by Crippen LogP contribution is -2.33. The standard InChI is InChI=1S/C16H22N2O2/c1-10(2)14(19)17-9-11-6-7-13-12(8-11)16(3,4)15(20)18(13)5/h6-8,10H,9H2,1-5H3,(H,17,19). The molecule has 1 aliphatic heterocycles. The Morgan fingerprint density at radius 3 is 2.60 bits per heavy atom. The summed E-state index contributed by atoms with van der Waals surface area (Å²) in [5.41, 5.74) is 2.51. The van der Waals surface area contributed by atoms with Crippen LogP contribution in [0.3, 0.4) is 0 Å². The number of benzene rings is 1. The topological polar surface area (TPSA) is 49.4 Å². The van der Waals surface area contributed by atoms with Gasteiger partial charge in [-0.05, 0) is 31.0 Å². The van der Waals surface area contributed by atoms with E-state index in [0.29, 0.717) is 6.54 Å². The molecule has 108 valence electrons. The van der Waals surface area contributed by atoms with Crippen LogP contribution in [-0.4, -0.2) is 18.9 Å². The maximum Gasteiger partial charge on any atom is 0.236 e. The fourth-order valence-electron chi connectivity index (χ4n) is 2.52. The van der Waals surface area contributed by atoms with Gasteiger partial charge in [0, 0.05) is 25.2 Å². The lowest BCUT2D eigenvalue weighted by atomic mass is 9.85. The molecule has 0 saturated heterocycles. The van der Waals surface area contributed by atoms with Crippen LogP contribution in [-0.2, 0) is 21.5 Å². The number of hydrogen-bond acceptors (Lipinski definition) is 2. The lowest BCUT2D eigenvalue weighted by Gasteiger charge is -2.17. The predicted molar refractivity (Wildman–Crippen MR) is 79.6 cm³/mol. The van der Waals surface area contributed by atoms with Crippen LogP contribution >= 0.6 is 0 Å². The highest BCUT2D eigenvalue weighted by Crippen LogP contribution is 2.40. The van der Waals surface area contributed by atoms with Crippen LogP contribution in [0.1, 0.15) is 38.8 Å². The summed E-state index contributed by atoms with van der Waals surface area (Å²) in [5, 5.41) is 2.90. The zero-order chi connectivity index (χ0) is 15.1. The Morgan fingerprint density at radius 1 is 1.35 bits per heavy atom. The Kier molecular flexibility index (Phi) is 3.59. The van der Waals surface area contributed by atoms with Gasteiger partial charge in [0.15, 0.2) is 0 Å². The zero-order valence-corrected chi connectivity index (χ0v) is 12.8. The van der Waals surface area contributed by atoms with E-state index in [4.69, 9.17) is 0 Å². The van der Waals surface area contributed by atoms with Crippen LogP contribution in [0.5, 0.6) is 0 Å². The second-order valence-electron chi connectivity index (χ2n) is 6.21. The summed E-state index contributed by atoms with van der Waals surface area (Å²) in [5.74, 6) is 0.127. The summed E-state index contributed by atoms with van der Waals surface area (Å²) in [6, 6.07) is 5.95. The van der Waals surface area contributed by atoms with Gasteiger partial charge in [-0.2, -0.15) is 0 Å². The van der Waals surface area contributed by atoms with E-state index >= 15 is 0 Å². The first-order valence-electron chi connectivity index (χ1n) is 6.94. The monoisotopic (exact) mass is 274 g/mol. The maximum absolute atomic E-state index is 12.2. The molecule has 0 bridgehead atoms. The first-order chi connectivity index (χ1) is 9.25. The molecule has 2 amide bonds. The third-order valence-corrected chi connectivity index (χ3v) is 3.93. The minimum Gasteiger partial charge on any atom is -0.352 e. The fourth-order valence-corrected chi connectivity index (χ4v) is 2.52. The Balaban J connectivity index is 2.23. The number of fused-ring (bicyclic) bond motifs is 1. The molecule has 2 rings (SSSR count). The number of nitrogens with zero attached hydrogens (tertiary/aromatic N) is 1. The first kappa shape index (κ1) is 14.6. The van der Waals surface area contributed by atoms with Gasteiger partial charge in [-0.15, -0.1) is 0 Å². The molecular weight excluding hydrogens is 252 g/mol. The normalized spacial score (nSPS) is 16.5. The molecule has 0 saturated carbocycles. The van der Waals surface area contributed by atoms with Gasteiger partial charge in [0.2, 0.25) is 11.8 Å². The van der Waals surface area contributed by atoms with E-state index in [0.717, 1.165) is 16.8 Å². The highest BCUT2D eigenvalue weighted by atomic mass is 16.2. The van der Waals surface area contributed by atoms with Crippen LogP contribution in [0.4, 0.5) is 5.69 Å². The summed E-state index contributed by atoms with van der Waals surface area (Å²) < 4.78 is 0. The third kappa shape index (κ3) is 2.30. The molecule has 1 heterocycles. The van der Waals surface area contributed by atoms with Gasteiger partial charge >= 0.3 is 0 Å². The second kappa shape index (κ2) is 4.93. The summed E-state index contributed by atoms with van der Waals surface area (Å²) >= 11 is 0. The molecular formula is C16H22N2O2. The van der Waals surface area contributed by atoms with Gasteiger partial charge in [-0.25, -0.2) is 0 Å². The van der Waals surface area contributed by atoms with Gasteiger partial charge in [-0.3, -0.25) is 9.59 Å². The van der Waals surface area contributed by atoms with Crippen molar-refractivity contribution in [1.29, 1.82) is 0 Å². The first-order valence-corrected chi connectivity index (χ1v) is 6.94. The highest BCUT2D eigenvalue weighted by Gasteiger charge is 2.42. The molecule has 1 aromatic rings. The third-order valence-electron chi connectivity index (χ3n) is 3.93. The molecule has 1 aromatic carbocycles. The number of anilines is 1. The van der Waals surface area contributed by atoms with Crippen molar-refractivity contribution < 1.29 is 9.59 Å². The van der Waals surface area contributed by atoms with Gasteiger partial charge < -0.3 is 10.2 Å². The van der Waals surface area contributed by atoms with Crippen molar-refractivity contribution in [3.63, 3.8) is 0 Å². The Morgan fingerprint density at radius 2 is 2.00 bits per heavy atom. The molecule has 4 heteroatoms. The van der Waals surface area contributed by atoms with Gasteiger partial charge in [0.25, 0.3) is 0 Å². The number of carbonyl (C=O) groups is 2. The summed E-state index contributed by atoms with van der Waals surface area (Å²) in [7, 11) is 1.80. The number of likely N-dealkylation sites (N-methyl/N-ethyl adjacent to an activating group) is 1. The molecule has 0 aromatic heterocycles. The average Bonchev–Trinajstić information content (AvgIpc) is 2.57. The Hall–Kier alpha value is -1.84. The minimum atomic E-state index is -0.498. The van der Waals surface area contributed by atoms with E-state index in [9.17, 15) is 9.59 Å². The average molecular weight is 274 g/mol. The molecule has 0 spiro atoms. The van der Waals surface area contributed by atoms with Crippen LogP contribution in [0.2, 0.25) is 0 Å². The molecule has 1 N–H and O–H groups in total. The van der Waals surface area contributed by atoms with E-state index in [2.05, 4.69) is 5.32 Å². The van der Waals surface area contributed by atoms with Crippen molar-refractivity contribution in [3.8, 4) is 0 Å². The smallest absolute Gasteiger partial charge is 0.236 e. The van der Waals surface area contributed by atoms with E-state index < -0.39 is 5.41 Å². The number of rotatable bonds is 3. The van der Waals surface area contributed by atoms with Crippen molar-refractivity contribution in [1.82, 2.24) is 5.32 Å². The maximum atomic E-state index is 12.2. The highest BCUT2D eigenvalue weighted by molar-refractivity contribution is 6.07. The molecule has 1 aliphatic rings. The van der Waals surface area contributed by atoms with Gasteiger partial charge in [0.1, 0.15) is 0 Å². The van der Waals surface area contributed by atoms with Crippen LogP contribution in [0.15, 0.2) is 18.2 Å². The number of nitrogens with one attached hydrogen (secondary N) is 1. The van der Waals surface area contributed by atoms with Gasteiger partial charge in [0.05, 0.1) is 5.41 Å². The van der Waals surface area contributed by atoms with Crippen molar-refractivity contribution in [2.24, 2.45) is 5.92 Å². The molecule has 0 radical (unpaired) electrons. The van der Waals surface area contributed by atoms with Crippen LogP contribution in [0, 0.1) is 5.92 Å². The van der Waals surface area contributed by atoms with Crippen LogP contribution < -0.4 is 10.2 Å². The summed E-state index contributed by atoms with van der Waals surface area (Å²) in [6.45, 7) is 8.12. The van der Waals surface area contributed by atoms with E-state index in [1.54, 1.807) is 11.9 Å². The minimum absolute atomic E-state index is 0.0198. The van der Waals surface area contributed by atoms with Crippen molar-refractivity contribution >= 4 is 17.5 Å². The SMILES string of the molecule is CC(C)C(=O)NCc1ccc2c(c1)C(C)(C)C(=O)N2C. The van der Waals surface area contributed by atoms with E-state index in [-0.39, 0.29) is 17.7 Å². The van der Waals surface area contributed by atoms with Crippen molar-refractivity contribution in [3.05, 3.63) is 29.3 Å². The molecule has 0 fully saturated rings. The quantitative estimate of drug-likeness (QED) is 0.918.